The van der Waals surface area contributed by atoms with Crippen LogP contribution in [0.4, 0.5) is 17.6 Å². The van der Waals surface area contributed by atoms with E-state index in [4.69, 9.17) is 4.74 Å². The molecular formula is C26H21F4N3O4S. The van der Waals surface area contributed by atoms with Crippen LogP contribution in [-0.2, 0) is 10.5 Å². The highest BCUT2D eigenvalue weighted by atomic mass is 32.2. The Morgan fingerprint density at radius 1 is 1.11 bits per heavy atom. The van der Waals surface area contributed by atoms with Crippen LogP contribution in [0.15, 0.2) is 64.4 Å². The molecule has 0 unspecified atom stereocenters. The highest BCUT2D eigenvalue weighted by Crippen LogP contribution is 2.44. The van der Waals surface area contributed by atoms with Crippen LogP contribution >= 0.6 is 11.8 Å². The van der Waals surface area contributed by atoms with Gasteiger partial charge in [0.1, 0.15) is 24.6 Å². The lowest BCUT2D eigenvalue weighted by atomic mass is 9.94. The third-order valence-corrected chi connectivity index (χ3v) is 7.70. The number of alkyl halides is 3. The van der Waals surface area contributed by atoms with Crippen molar-refractivity contribution in [2.24, 2.45) is 0 Å². The molecule has 5 rings (SSSR count). The van der Waals surface area contributed by atoms with Crippen molar-refractivity contribution in [3.8, 4) is 5.75 Å². The number of hydrogen-bond acceptors (Lipinski definition) is 6. The first kappa shape index (κ1) is 25.8. The number of carbonyl (C=O) groups is 2. The molecule has 0 fully saturated rings. The number of ether oxygens (including phenoxy) is 1. The van der Waals surface area contributed by atoms with Crippen molar-refractivity contribution in [1.82, 2.24) is 9.58 Å². The smallest absolute Gasteiger partial charge is 0.408 e. The Hall–Kier alpha value is -3.80. The predicted molar refractivity (Wildman–Crippen MR) is 131 cm³/mol. The third-order valence-electron chi connectivity index (χ3n) is 6.58. The van der Waals surface area contributed by atoms with Crippen molar-refractivity contribution in [2.45, 2.75) is 42.8 Å². The van der Waals surface area contributed by atoms with E-state index in [1.54, 1.807) is 24.3 Å². The topological polar surface area (TPSA) is 71.8 Å². The third kappa shape index (κ3) is 4.32. The average molecular weight is 548 g/mol. The molecule has 0 saturated carbocycles. The first-order valence-electron chi connectivity index (χ1n) is 11.6. The number of nitrogens with zero attached hydrogens (tertiary/aromatic N) is 3. The minimum Gasteiger partial charge on any atom is -0.420 e. The summed E-state index contributed by atoms with van der Waals surface area (Å²) in [5, 5.41) is 1.39. The van der Waals surface area contributed by atoms with Gasteiger partial charge in [-0.3, -0.25) is 24.1 Å². The lowest BCUT2D eigenvalue weighted by Crippen LogP contribution is -2.60. The van der Waals surface area contributed by atoms with Gasteiger partial charge in [-0.25, -0.2) is 4.39 Å². The highest BCUT2D eigenvalue weighted by Gasteiger charge is 2.48. The molecule has 3 aromatic rings. The van der Waals surface area contributed by atoms with Gasteiger partial charge < -0.3 is 9.64 Å². The summed E-state index contributed by atoms with van der Waals surface area (Å²) >= 11 is 1.39. The number of benzene rings is 2. The molecule has 0 spiro atoms. The largest absolute Gasteiger partial charge is 0.420 e. The van der Waals surface area contributed by atoms with Crippen LogP contribution in [0.3, 0.4) is 0 Å². The van der Waals surface area contributed by atoms with Crippen molar-refractivity contribution >= 4 is 23.6 Å². The monoisotopic (exact) mass is 547 g/mol. The van der Waals surface area contributed by atoms with Gasteiger partial charge in [-0.15, -0.1) is 11.8 Å². The van der Waals surface area contributed by atoms with Crippen molar-refractivity contribution < 1.29 is 31.9 Å². The van der Waals surface area contributed by atoms with Gasteiger partial charge in [0.05, 0.1) is 0 Å². The molecule has 198 valence electrons. The summed E-state index contributed by atoms with van der Waals surface area (Å²) in [5.74, 6) is -2.87. The van der Waals surface area contributed by atoms with E-state index in [1.807, 2.05) is 12.1 Å². The van der Waals surface area contributed by atoms with Crippen LogP contribution in [0, 0.1) is 5.82 Å². The maximum atomic E-state index is 15.5. The lowest BCUT2D eigenvalue weighted by Gasteiger charge is -2.46. The van der Waals surface area contributed by atoms with E-state index in [1.165, 1.54) is 33.7 Å². The fraction of sp³-hybridized carbons (Fsp3) is 0.269. The molecule has 0 saturated heterocycles. The number of hydrogen-bond donors (Lipinski definition) is 0. The summed E-state index contributed by atoms with van der Waals surface area (Å²) in [6.07, 6.45) is -3.58. The Bertz CT molecular complexity index is 1510. The van der Waals surface area contributed by atoms with E-state index in [9.17, 15) is 27.6 Å². The van der Waals surface area contributed by atoms with Crippen molar-refractivity contribution in [3.63, 3.8) is 0 Å². The zero-order valence-corrected chi connectivity index (χ0v) is 21.0. The number of carbonyl (C=O) groups excluding carboxylic acids is 2. The predicted octanol–water partition coefficient (Wildman–Crippen LogP) is 4.61. The van der Waals surface area contributed by atoms with E-state index >= 15 is 4.39 Å². The van der Waals surface area contributed by atoms with Crippen LogP contribution in [0.5, 0.6) is 5.75 Å². The second-order valence-electron chi connectivity index (χ2n) is 8.91. The van der Waals surface area contributed by atoms with Gasteiger partial charge in [-0.1, -0.05) is 30.3 Å². The summed E-state index contributed by atoms with van der Waals surface area (Å²) in [7, 11) is 0. The summed E-state index contributed by atoms with van der Waals surface area (Å²) < 4.78 is 63.5. The van der Waals surface area contributed by atoms with Gasteiger partial charge >= 0.3 is 12.1 Å². The molecular weight excluding hydrogens is 526 g/mol. The quantitative estimate of drug-likeness (QED) is 0.353. The zero-order valence-electron chi connectivity index (χ0n) is 20.2. The van der Waals surface area contributed by atoms with Crippen LogP contribution in [-0.4, -0.2) is 40.3 Å². The summed E-state index contributed by atoms with van der Waals surface area (Å²) in [6, 6.07) is 9.49. The van der Waals surface area contributed by atoms with E-state index in [2.05, 4.69) is 0 Å². The van der Waals surface area contributed by atoms with Crippen LogP contribution in [0.2, 0.25) is 0 Å². The van der Waals surface area contributed by atoms with Crippen LogP contribution < -0.4 is 15.2 Å². The molecule has 2 atom stereocenters. The maximum absolute atomic E-state index is 15.5. The Kier molecular flexibility index (Phi) is 6.46. The second kappa shape index (κ2) is 9.50. The van der Waals surface area contributed by atoms with E-state index < -0.39 is 59.5 Å². The Balaban J connectivity index is 1.82. The summed E-state index contributed by atoms with van der Waals surface area (Å²) in [5.41, 5.74) is 0.256. The normalized spacial score (nSPS) is 17.7. The number of thioether (sulfide) groups is 1. The summed E-state index contributed by atoms with van der Waals surface area (Å²) in [4.78, 5) is 39.1. The summed E-state index contributed by atoms with van der Waals surface area (Å²) in [6.45, 7) is 1.24. The molecule has 0 bridgehead atoms. The van der Waals surface area contributed by atoms with Crippen molar-refractivity contribution in [3.05, 3.63) is 93.2 Å². The van der Waals surface area contributed by atoms with Gasteiger partial charge in [-0.2, -0.15) is 13.2 Å². The second-order valence-corrected chi connectivity index (χ2v) is 9.93. The Morgan fingerprint density at radius 2 is 1.84 bits per heavy atom. The molecule has 1 amide bonds. The molecule has 2 aliphatic rings. The Labute approximate surface area is 218 Å². The fourth-order valence-electron chi connectivity index (χ4n) is 4.73. The molecule has 2 aliphatic heterocycles. The van der Waals surface area contributed by atoms with Crippen LogP contribution in [0.1, 0.15) is 47.1 Å². The maximum Gasteiger partial charge on any atom is 0.408 e. The number of amides is 1. The van der Waals surface area contributed by atoms with E-state index in [-0.39, 0.29) is 5.56 Å². The molecule has 1 aromatic heterocycles. The van der Waals surface area contributed by atoms with Gasteiger partial charge in [0, 0.05) is 35.4 Å². The van der Waals surface area contributed by atoms with Crippen molar-refractivity contribution in [1.29, 1.82) is 0 Å². The average Bonchev–Trinajstić information content (AvgIpc) is 3.03. The minimum atomic E-state index is -4.81. The molecule has 2 aromatic carbocycles. The molecule has 7 nitrogen and oxygen atoms in total. The van der Waals surface area contributed by atoms with Gasteiger partial charge in [0.25, 0.3) is 5.91 Å². The SMILES string of the molecule is CC(=O)Oc1c2n(ccc1=O)N([C@@H]1c3ccccc3CSc3cccc(F)c31)CN([C@H](C)C(F)(F)F)C2=O. The Morgan fingerprint density at radius 3 is 2.55 bits per heavy atom. The number of halogens is 4. The number of pyridine rings is 1. The van der Waals surface area contributed by atoms with E-state index in [0.717, 1.165) is 25.5 Å². The van der Waals surface area contributed by atoms with E-state index in [0.29, 0.717) is 21.1 Å². The molecule has 38 heavy (non-hydrogen) atoms. The highest BCUT2D eigenvalue weighted by molar-refractivity contribution is 7.98. The number of esters is 1. The zero-order chi connectivity index (χ0) is 27.4. The fourth-order valence-corrected chi connectivity index (χ4v) is 5.84. The molecule has 0 radical (unpaired) electrons. The standard InChI is InChI=1S/C26H21F4N3O4S/c1-14(26(28,29)30)31-13-33(32-11-10-19(35)24(37-15(2)34)23(32)25(31)36)22-17-7-4-3-6-16(17)12-38-20-9-5-8-18(27)21(20)22/h3-11,14,22H,12-13H2,1-2H3/t14-,22-/m1/s1. The molecule has 0 N–H and O–H groups in total. The first-order valence-corrected chi connectivity index (χ1v) is 12.5. The number of rotatable bonds is 3. The molecule has 12 heteroatoms. The lowest BCUT2D eigenvalue weighted by molar-refractivity contribution is -0.173. The van der Waals surface area contributed by atoms with Gasteiger partial charge in [-0.05, 0) is 30.2 Å². The number of aromatic nitrogens is 1. The molecule has 0 aliphatic carbocycles. The van der Waals surface area contributed by atoms with Crippen molar-refractivity contribution in [2.75, 3.05) is 11.7 Å². The molecule has 3 heterocycles. The van der Waals surface area contributed by atoms with Gasteiger partial charge in [0.15, 0.2) is 5.69 Å². The van der Waals surface area contributed by atoms with Crippen LogP contribution in [0.25, 0.3) is 0 Å². The van der Waals surface area contributed by atoms with Gasteiger partial charge in [0.2, 0.25) is 11.2 Å². The number of fused-ring (bicyclic) bond motifs is 3. The first-order chi connectivity index (χ1) is 18.0. The minimum absolute atomic E-state index is 0.218.